The fourth-order valence-corrected chi connectivity index (χ4v) is 4.52. The molecule has 0 spiro atoms. The van der Waals surface area contributed by atoms with Crippen LogP contribution in [0.1, 0.15) is 46.3 Å². The number of esters is 1. The van der Waals surface area contributed by atoms with Crippen LogP contribution in [0.25, 0.3) is 0 Å². The first-order valence-corrected chi connectivity index (χ1v) is 12.9. The lowest BCUT2D eigenvalue weighted by atomic mass is 9.80. The fraction of sp³-hybridized carbons (Fsp3) is 0.219. The molecule has 0 bridgehead atoms. The summed E-state index contributed by atoms with van der Waals surface area (Å²) in [5, 5.41) is 21.6. The number of carbonyl (C=O) groups excluding carboxylic acids is 1. The van der Waals surface area contributed by atoms with Gasteiger partial charge in [-0.25, -0.2) is 4.79 Å². The molecule has 4 aromatic rings. The minimum absolute atomic E-state index is 0.0847. The molecular weight excluding hydrogens is 494 g/mol. The Labute approximate surface area is 227 Å². The normalized spacial score (nSPS) is 12.0. The summed E-state index contributed by atoms with van der Waals surface area (Å²) in [5.74, 6) is -0.535. The van der Waals surface area contributed by atoms with Crippen molar-refractivity contribution in [2.24, 2.45) is 0 Å². The molecule has 4 rings (SSSR count). The number of unbranched alkanes of at least 4 members (excludes halogenated alkanes) is 1. The molecule has 0 aliphatic rings. The second-order valence-electron chi connectivity index (χ2n) is 9.18. The molecule has 0 aliphatic heterocycles. The van der Waals surface area contributed by atoms with Gasteiger partial charge in [0.1, 0.15) is 5.60 Å². The number of benzene rings is 4. The van der Waals surface area contributed by atoms with E-state index in [1.54, 1.807) is 0 Å². The van der Waals surface area contributed by atoms with E-state index in [0.29, 0.717) is 19.3 Å². The van der Waals surface area contributed by atoms with Crippen LogP contribution in [0.4, 0.5) is 5.69 Å². The van der Waals surface area contributed by atoms with Crippen LogP contribution in [-0.2, 0) is 15.1 Å². The Balaban J connectivity index is 1.36. The summed E-state index contributed by atoms with van der Waals surface area (Å²) in [5.41, 5.74) is 2.17. The maximum Gasteiger partial charge on any atom is 0.338 e. The van der Waals surface area contributed by atoms with Gasteiger partial charge in [0.15, 0.2) is 0 Å². The van der Waals surface area contributed by atoms with Crippen LogP contribution in [0.2, 0.25) is 0 Å². The third-order valence-corrected chi connectivity index (χ3v) is 6.51. The van der Waals surface area contributed by atoms with Crippen LogP contribution in [-0.4, -0.2) is 35.3 Å². The smallest absolute Gasteiger partial charge is 0.338 e. The number of hydrogen-bond acceptors (Lipinski definition) is 6. The van der Waals surface area contributed by atoms with Crippen molar-refractivity contribution in [2.75, 3.05) is 13.2 Å². The summed E-state index contributed by atoms with van der Waals surface area (Å²) in [6, 6.07) is 35.3. The van der Waals surface area contributed by atoms with Crippen LogP contribution in [0.15, 0.2) is 115 Å². The Bertz CT molecular complexity index is 1230. The number of aliphatic hydroxyl groups is 1. The van der Waals surface area contributed by atoms with E-state index < -0.39 is 22.6 Å². The molecule has 0 radical (unpaired) electrons. The number of nitrogens with zero attached hydrogens (tertiary/aromatic N) is 1. The second-order valence-corrected chi connectivity index (χ2v) is 9.18. The van der Waals surface area contributed by atoms with Crippen molar-refractivity contribution in [2.45, 2.75) is 31.0 Å². The minimum atomic E-state index is -0.898. The fourth-order valence-electron chi connectivity index (χ4n) is 4.52. The van der Waals surface area contributed by atoms with Crippen molar-refractivity contribution in [3.05, 3.63) is 148 Å². The number of nitro groups is 1. The van der Waals surface area contributed by atoms with Crippen LogP contribution in [0.5, 0.6) is 0 Å². The first kappa shape index (κ1) is 27.7. The predicted octanol–water partition coefficient (Wildman–Crippen LogP) is 6.29. The van der Waals surface area contributed by atoms with Crippen LogP contribution >= 0.6 is 0 Å². The third kappa shape index (κ3) is 6.96. The highest BCUT2D eigenvalue weighted by atomic mass is 16.6. The average molecular weight is 526 g/mol. The number of non-ortho nitro benzene ring substituents is 1. The first-order valence-electron chi connectivity index (χ1n) is 12.9. The number of rotatable bonds is 13. The Hall–Kier alpha value is -4.33. The Morgan fingerprint density at radius 3 is 1.72 bits per heavy atom. The monoisotopic (exact) mass is 525 g/mol. The lowest BCUT2D eigenvalue weighted by Crippen LogP contribution is -2.35. The van der Waals surface area contributed by atoms with Crippen molar-refractivity contribution in [3.8, 4) is 0 Å². The molecule has 7 nitrogen and oxygen atoms in total. The first-order chi connectivity index (χ1) is 19.0. The summed E-state index contributed by atoms with van der Waals surface area (Å²) in [7, 11) is 0. The van der Waals surface area contributed by atoms with E-state index >= 15 is 0 Å². The summed E-state index contributed by atoms with van der Waals surface area (Å²) in [6.45, 7) is 0.298. The highest BCUT2D eigenvalue weighted by Crippen LogP contribution is 2.40. The molecule has 200 valence electrons. The van der Waals surface area contributed by atoms with Gasteiger partial charge in [-0.15, -0.1) is 0 Å². The zero-order valence-electron chi connectivity index (χ0n) is 21.5. The van der Waals surface area contributed by atoms with Gasteiger partial charge in [0, 0.05) is 12.1 Å². The molecule has 1 N–H and O–H groups in total. The van der Waals surface area contributed by atoms with E-state index in [1.807, 2.05) is 91.0 Å². The Kier molecular flexibility index (Phi) is 9.56. The number of hydrogen-bond donors (Lipinski definition) is 1. The summed E-state index contributed by atoms with van der Waals surface area (Å²) >= 11 is 0. The molecule has 0 amide bonds. The Morgan fingerprint density at radius 1 is 0.769 bits per heavy atom. The van der Waals surface area contributed by atoms with Gasteiger partial charge in [0.05, 0.1) is 29.8 Å². The van der Waals surface area contributed by atoms with Crippen molar-refractivity contribution < 1.29 is 24.3 Å². The van der Waals surface area contributed by atoms with E-state index in [9.17, 15) is 20.0 Å². The standard InChI is InChI=1S/C32H31NO6/c34-30(18-10-11-23-38-31(35)25-19-21-29(22-20-25)33(36)37)24-39-32(26-12-4-1-5-13-26,27-14-6-2-7-15-27)28-16-8-3-9-17-28/h1-9,12-17,19-22,30,34H,10-11,18,23-24H2. The van der Waals surface area contributed by atoms with Crippen molar-refractivity contribution in [1.29, 1.82) is 0 Å². The summed E-state index contributed by atoms with van der Waals surface area (Å²) < 4.78 is 11.9. The zero-order valence-corrected chi connectivity index (χ0v) is 21.5. The molecule has 39 heavy (non-hydrogen) atoms. The highest BCUT2D eigenvalue weighted by molar-refractivity contribution is 5.89. The van der Waals surface area contributed by atoms with Crippen molar-refractivity contribution in [1.82, 2.24) is 0 Å². The second kappa shape index (κ2) is 13.5. The summed E-state index contributed by atoms with van der Waals surface area (Å²) in [6.07, 6.45) is 0.957. The van der Waals surface area contributed by atoms with Gasteiger partial charge in [-0.3, -0.25) is 10.1 Å². The van der Waals surface area contributed by atoms with Gasteiger partial charge in [-0.1, -0.05) is 91.0 Å². The van der Waals surface area contributed by atoms with E-state index in [1.165, 1.54) is 24.3 Å². The van der Waals surface area contributed by atoms with E-state index in [2.05, 4.69) is 0 Å². The van der Waals surface area contributed by atoms with Crippen LogP contribution in [0, 0.1) is 10.1 Å². The topological polar surface area (TPSA) is 98.9 Å². The van der Waals surface area contributed by atoms with Gasteiger partial charge in [-0.2, -0.15) is 0 Å². The van der Waals surface area contributed by atoms with Gasteiger partial charge in [0.25, 0.3) is 5.69 Å². The molecule has 1 unspecified atom stereocenters. The number of nitro benzene ring substituents is 1. The van der Waals surface area contributed by atoms with Gasteiger partial charge >= 0.3 is 5.97 Å². The van der Waals surface area contributed by atoms with E-state index in [4.69, 9.17) is 9.47 Å². The molecule has 0 aromatic heterocycles. The third-order valence-electron chi connectivity index (χ3n) is 6.51. The van der Waals surface area contributed by atoms with Crippen LogP contribution in [0.3, 0.4) is 0 Å². The predicted molar refractivity (Wildman–Crippen MR) is 148 cm³/mol. The lowest BCUT2D eigenvalue weighted by molar-refractivity contribution is -0.384. The largest absolute Gasteiger partial charge is 0.462 e. The van der Waals surface area contributed by atoms with Crippen molar-refractivity contribution in [3.63, 3.8) is 0 Å². The molecule has 1 atom stereocenters. The summed E-state index contributed by atoms with van der Waals surface area (Å²) in [4.78, 5) is 22.4. The van der Waals surface area contributed by atoms with Crippen molar-refractivity contribution >= 4 is 11.7 Å². The lowest BCUT2D eigenvalue weighted by Gasteiger charge is -2.36. The minimum Gasteiger partial charge on any atom is -0.462 e. The SMILES string of the molecule is O=C(OCCCCC(O)COC(c1ccccc1)(c1ccccc1)c1ccccc1)c1ccc([N+](=O)[O-])cc1. The number of ether oxygens (including phenoxy) is 2. The molecule has 0 aliphatic carbocycles. The molecular formula is C32H31NO6. The highest BCUT2D eigenvalue weighted by Gasteiger charge is 2.37. The van der Waals surface area contributed by atoms with Gasteiger partial charge in [0.2, 0.25) is 0 Å². The maximum absolute atomic E-state index is 12.2. The molecule has 0 fully saturated rings. The molecule has 0 heterocycles. The Morgan fingerprint density at radius 2 is 1.26 bits per heavy atom. The van der Waals surface area contributed by atoms with Crippen LogP contribution < -0.4 is 0 Å². The van der Waals surface area contributed by atoms with Gasteiger partial charge in [-0.05, 0) is 48.1 Å². The zero-order chi connectivity index (χ0) is 27.5. The van der Waals surface area contributed by atoms with Gasteiger partial charge < -0.3 is 14.6 Å². The maximum atomic E-state index is 12.2. The molecule has 4 aromatic carbocycles. The number of aliphatic hydroxyl groups excluding tert-OH is 1. The quantitative estimate of drug-likeness (QED) is 0.0724. The average Bonchev–Trinajstić information content (AvgIpc) is 2.99. The number of carbonyl (C=O) groups is 1. The van der Waals surface area contributed by atoms with E-state index in [-0.39, 0.29) is 24.5 Å². The van der Waals surface area contributed by atoms with E-state index in [0.717, 1.165) is 16.7 Å². The molecule has 7 heteroatoms. The molecule has 0 saturated carbocycles. The molecule has 0 saturated heterocycles.